The Morgan fingerprint density at radius 3 is 2.28 bits per heavy atom. The molecule has 0 aliphatic carbocycles. The quantitative estimate of drug-likeness (QED) is 0.389. The Kier molecular flexibility index (Phi) is 4.86. The number of pyridine rings is 1. The van der Waals surface area contributed by atoms with Crippen LogP contribution < -0.4 is 0 Å². The van der Waals surface area contributed by atoms with E-state index < -0.39 is 11.6 Å². The predicted molar refractivity (Wildman–Crippen MR) is 119 cm³/mol. The molecule has 0 unspecified atom stereocenters. The summed E-state index contributed by atoms with van der Waals surface area (Å²) < 4.78 is 32.3. The van der Waals surface area contributed by atoms with E-state index in [9.17, 15) is 0 Å². The van der Waals surface area contributed by atoms with Gasteiger partial charge in [-0.05, 0) is 66.9 Å². The molecule has 3 aromatic heterocycles. The van der Waals surface area contributed by atoms with Gasteiger partial charge in [-0.25, -0.2) is 13.5 Å². The molecule has 5 nitrogen and oxygen atoms in total. The number of aromatic amines is 1. The molecule has 7 heteroatoms. The molecular weight excluding hydrogens is 408 g/mol. The third kappa shape index (κ3) is 3.47. The van der Waals surface area contributed by atoms with E-state index in [0.717, 1.165) is 22.5 Å². The Morgan fingerprint density at radius 1 is 0.844 bits per heavy atom. The first-order chi connectivity index (χ1) is 15.5. The number of nitrogens with zero attached hydrogens (tertiary/aromatic N) is 4. The molecule has 0 atom stereocenters. The molecule has 0 aliphatic heterocycles. The summed E-state index contributed by atoms with van der Waals surface area (Å²) in [5.74, 6) is -1.29. The Balaban J connectivity index is 1.60. The van der Waals surface area contributed by atoms with E-state index in [1.807, 2.05) is 38.2 Å². The van der Waals surface area contributed by atoms with Crippen LogP contribution in [0, 0.1) is 25.5 Å². The van der Waals surface area contributed by atoms with Crippen LogP contribution in [0.4, 0.5) is 8.78 Å². The molecule has 0 radical (unpaired) electrons. The minimum absolute atomic E-state index is 0.0777. The van der Waals surface area contributed by atoms with Crippen LogP contribution in [0.2, 0.25) is 0 Å². The number of aromatic nitrogens is 5. The second-order valence-electron chi connectivity index (χ2n) is 7.64. The fraction of sp³-hybridized carbons (Fsp3) is 0.0800. The lowest BCUT2D eigenvalue weighted by Crippen LogP contribution is -1.97. The summed E-state index contributed by atoms with van der Waals surface area (Å²) in [6.45, 7) is 3.76. The van der Waals surface area contributed by atoms with Crippen LogP contribution >= 0.6 is 0 Å². The molecule has 1 N–H and O–H groups in total. The molecule has 0 saturated carbocycles. The van der Waals surface area contributed by atoms with Gasteiger partial charge in [-0.2, -0.15) is 10.2 Å². The van der Waals surface area contributed by atoms with Gasteiger partial charge in [-0.3, -0.25) is 10.1 Å². The van der Waals surface area contributed by atoms with Crippen molar-refractivity contribution in [3.05, 3.63) is 96.2 Å². The van der Waals surface area contributed by atoms with E-state index in [2.05, 4.69) is 20.3 Å². The molecule has 5 aromatic rings. The number of H-pyrrole nitrogens is 1. The fourth-order valence-electron chi connectivity index (χ4n) is 3.85. The van der Waals surface area contributed by atoms with E-state index in [4.69, 9.17) is 0 Å². The number of benzene rings is 2. The van der Waals surface area contributed by atoms with E-state index in [1.54, 1.807) is 41.5 Å². The standard InChI is InChI=1S/C25H19F2N5/c1-15-13-29-32(14-15)20-5-3-4-18(10-20)24-21(26)11-19(12-22(24)27)23-16(2)30-31-25(23)17-6-8-28-9-7-17/h3-14H,1-2H3,(H,30,31). The third-order valence-corrected chi connectivity index (χ3v) is 5.34. The van der Waals surface area contributed by atoms with Gasteiger partial charge in [-0.15, -0.1) is 0 Å². The van der Waals surface area contributed by atoms with Gasteiger partial charge in [0.15, 0.2) is 0 Å². The van der Waals surface area contributed by atoms with Gasteiger partial charge in [0.05, 0.1) is 17.4 Å². The number of halogens is 2. The van der Waals surface area contributed by atoms with E-state index in [0.29, 0.717) is 22.4 Å². The Bertz CT molecular complexity index is 1400. The predicted octanol–water partition coefficient (Wildman–Crippen LogP) is 5.89. The summed E-state index contributed by atoms with van der Waals surface area (Å²) in [5, 5.41) is 11.5. The van der Waals surface area contributed by atoms with Crippen molar-refractivity contribution in [1.82, 2.24) is 25.0 Å². The molecule has 0 amide bonds. The van der Waals surface area contributed by atoms with Crippen molar-refractivity contribution in [2.75, 3.05) is 0 Å². The molecule has 32 heavy (non-hydrogen) atoms. The summed E-state index contributed by atoms with van der Waals surface area (Å²) in [5.41, 5.74) is 5.31. The molecule has 0 saturated heterocycles. The highest BCUT2D eigenvalue weighted by Crippen LogP contribution is 2.37. The number of hydrogen-bond donors (Lipinski definition) is 1. The lowest BCUT2D eigenvalue weighted by Gasteiger charge is -2.11. The number of nitrogens with one attached hydrogen (secondary N) is 1. The summed E-state index contributed by atoms with van der Waals surface area (Å²) >= 11 is 0. The maximum atomic E-state index is 15.3. The van der Waals surface area contributed by atoms with Crippen LogP contribution in [-0.2, 0) is 0 Å². The van der Waals surface area contributed by atoms with Crippen LogP contribution in [-0.4, -0.2) is 25.0 Å². The van der Waals surface area contributed by atoms with Gasteiger partial charge in [0.25, 0.3) is 0 Å². The smallest absolute Gasteiger partial charge is 0.134 e. The Morgan fingerprint density at radius 2 is 1.59 bits per heavy atom. The van der Waals surface area contributed by atoms with Gasteiger partial charge < -0.3 is 0 Å². The monoisotopic (exact) mass is 427 g/mol. The van der Waals surface area contributed by atoms with Gasteiger partial charge in [0.2, 0.25) is 0 Å². The van der Waals surface area contributed by atoms with Crippen molar-refractivity contribution in [2.24, 2.45) is 0 Å². The zero-order valence-electron chi connectivity index (χ0n) is 17.5. The lowest BCUT2D eigenvalue weighted by molar-refractivity contribution is 0.590. The molecule has 0 spiro atoms. The van der Waals surface area contributed by atoms with Crippen molar-refractivity contribution in [1.29, 1.82) is 0 Å². The van der Waals surface area contributed by atoms with Crippen molar-refractivity contribution < 1.29 is 8.78 Å². The summed E-state index contributed by atoms with van der Waals surface area (Å²) in [4.78, 5) is 4.02. The van der Waals surface area contributed by atoms with Crippen molar-refractivity contribution in [3.63, 3.8) is 0 Å². The molecule has 5 rings (SSSR count). The maximum Gasteiger partial charge on any atom is 0.134 e. The van der Waals surface area contributed by atoms with Crippen LogP contribution in [0.3, 0.4) is 0 Å². The summed E-state index contributed by atoms with van der Waals surface area (Å²) in [6, 6.07) is 13.3. The molecule has 0 bridgehead atoms. The van der Waals surface area contributed by atoms with Crippen molar-refractivity contribution in [3.8, 4) is 39.2 Å². The Labute approximate surface area is 183 Å². The van der Waals surface area contributed by atoms with Gasteiger partial charge in [0, 0.05) is 35.4 Å². The van der Waals surface area contributed by atoms with Crippen LogP contribution in [0.5, 0.6) is 0 Å². The van der Waals surface area contributed by atoms with Crippen LogP contribution in [0.15, 0.2) is 73.3 Å². The second-order valence-corrected chi connectivity index (χ2v) is 7.64. The molecule has 0 fully saturated rings. The highest BCUT2D eigenvalue weighted by molar-refractivity contribution is 5.83. The first-order valence-electron chi connectivity index (χ1n) is 10.1. The van der Waals surface area contributed by atoms with Crippen LogP contribution in [0.25, 0.3) is 39.2 Å². The lowest BCUT2D eigenvalue weighted by atomic mass is 9.96. The first-order valence-corrected chi connectivity index (χ1v) is 10.1. The molecule has 3 heterocycles. The third-order valence-electron chi connectivity index (χ3n) is 5.34. The number of hydrogen-bond acceptors (Lipinski definition) is 3. The zero-order valence-corrected chi connectivity index (χ0v) is 17.5. The molecule has 0 aliphatic rings. The van der Waals surface area contributed by atoms with Crippen molar-refractivity contribution in [2.45, 2.75) is 13.8 Å². The van der Waals surface area contributed by atoms with E-state index in [-0.39, 0.29) is 5.56 Å². The minimum atomic E-state index is -0.643. The van der Waals surface area contributed by atoms with E-state index in [1.165, 1.54) is 12.1 Å². The van der Waals surface area contributed by atoms with Crippen LogP contribution in [0.1, 0.15) is 11.3 Å². The van der Waals surface area contributed by atoms with E-state index >= 15 is 8.78 Å². The summed E-state index contributed by atoms with van der Waals surface area (Å²) in [7, 11) is 0. The Hall–Kier alpha value is -4.13. The largest absolute Gasteiger partial charge is 0.282 e. The highest BCUT2D eigenvalue weighted by Gasteiger charge is 2.20. The molecule has 158 valence electrons. The average molecular weight is 427 g/mol. The molecular formula is C25H19F2N5. The average Bonchev–Trinajstić information content (AvgIpc) is 3.40. The molecule has 2 aromatic carbocycles. The zero-order chi connectivity index (χ0) is 22.2. The van der Waals surface area contributed by atoms with Gasteiger partial charge >= 0.3 is 0 Å². The number of aryl methyl sites for hydroxylation is 2. The normalized spacial score (nSPS) is 11.1. The SMILES string of the molecule is Cc1cnn(-c2cccc(-c3c(F)cc(-c4c(-c5ccncc5)n[nH]c4C)cc3F)c2)c1. The highest BCUT2D eigenvalue weighted by atomic mass is 19.1. The number of rotatable bonds is 4. The fourth-order valence-corrected chi connectivity index (χ4v) is 3.85. The second kappa shape index (κ2) is 7.85. The van der Waals surface area contributed by atoms with Gasteiger partial charge in [0.1, 0.15) is 17.3 Å². The van der Waals surface area contributed by atoms with Crippen molar-refractivity contribution >= 4 is 0 Å². The topological polar surface area (TPSA) is 59.4 Å². The van der Waals surface area contributed by atoms with Gasteiger partial charge in [-0.1, -0.05) is 12.1 Å². The summed E-state index contributed by atoms with van der Waals surface area (Å²) in [6.07, 6.45) is 6.90. The first kappa shape index (κ1) is 19.8. The maximum absolute atomic E-state index is 15.3. The minimum Gasteiger partial charge on any atom is -0.282 e.